The van der Waals surface area contributed by atoms with Gasteiger partial charge in [-0.15, -0.1) is 0 Å². The van der Waals surface area contributed by atoms with Crippen LogP contribution in [0.3, 0.4) is 0 Å². The van der Waals surface area contributed by atoms with Gasteiger partial charge in [0.25, 0.3) is 0 Å². The largest absolute Gasteiger partial charge is 0.477 e. The van der Waals surface area contributed by atoms with Crippen LogP contribution >= 0.6 is 0 Å². The minimum atomic E-state index is -1.06. The second-order valence-corrected chi connectivity index (χ2v) is 4.94. The van der Waals surface area contributed by atoms with Gasteiger partial charge in [0.05, 0.1) is 0 Å². The Hall–Kier alpha value is -2.15. The van der Waals surface area contributed by atoms with Gasteiger partial charge in [-0.05, 0) is 18.2 Å². The zero-order chi connectivity index (χ0) is 15.2. The van der Waals surface area contributed by atoms with E-state index in [9.17, 15) is 9.59 Å². The highest BCUT2D eigenvalue weighted by Crippen LogP contribution is 2.03. The molecule has 1 aromatic rings. The Morgan fingerprint density at radius 3 is 2.52 bits per heavy atom. The number of likely N-dealkylation sites (N-methyl/N-ethyl adjacent to an activating group) is 1. The number of carbonyl (C=O) groups excluding carboxylic acids is 1. The molecular weight excluding hydrogens is 272 g/mol. The van der Waals surface area contributed by atoms with Crippen molar-refractivity contribution in [3.05, 3.63) is 29.6 Å². The lowest BCUT2D eigenvalue weighted by Gasteiger charge is -2.34. The fourth-order valence-corrected chi connectivity index (χ4v) is 2.21. The molecule has 0 bridgehead atoms. The van der Waals surface area contributed by atoms with Gasteiger partial charge in [-0.25, -0.2) is 14.6 Å². The minimum Gasteiger partial charge on any atom is -0.477 e. The van der Waals surface area contributed by atoms with Crippen LogP contribution in [0, 0.1) is 0 Å². The van der Waals surface area contributed by atoms with Crippen LogP contribution in [0.25, 0.3) is 0 Å². The molecule has 7 nitrogen and oxygen atoms in total. The average Bonchev–Trinajstić information content (AvgIpc) is 2.53. The zero-order valence-corrected chi connectivity index (χ0v) is 12.1. The molecule has 114 valence electrons. The van der Waals surface area contributed by atoms with Crippen LogP contribution in [0.5, 0.6) is 0 Å². The van der Waals surface area contributed by atoms with E-state index in [0.29, 0.717) is 6.54 Å². The summed E-state index contributed by atoms with van der Waals surface area (Å²) in [5, 5.41) is 11.6. The van der Waals surface area contributed by atoms with Gasteiger partial charge < -0.3 is 20.2 Å². The molecule has 0 atom stereocenters. The van der Waals surface area contributed by atoms with Crippen molar-refractivity contribution < 1.29 is 14.7 Å². The van der Waals surface area contributed by atoms with E-state index in [1.165, 1.54) is 12.3 Å². The van der Waals surface area contributed by atoms with Crippen molar-refractivity contribution in [3.63, 3.8) is 0 Å². The van der Waals surface area contributed by atoms with Gasteiger partial charge in [0.2, 0.25) is 0 Å². The van der Waals surface area contributed by atoms with E-state index in [4.69, 9.17) is 5.11 Å². The van der Waals surface area contributed by atoms with E-state index in [1.54, 1.807) is 11.0 Å². The number of pyridine rings is 1. The quantitative estimate of drug-likeness (QED) is 0.850. The number of amides is 2. The number of hydrogen-bond donors (Lipinski definition) is 2. The Morgan fingerprint density at radius 2 is 2.00 bits per heavy atom. The van der Waals surface area contributed by atoms with Crippen LogP contribution in [-0.2, 0) is 6.54 Å². The molecule has 1 fully saturated rings. The molecule has 0 saturated carbocycles. The monoisotopic (exact) mass is 292 g/mol. The van der Waals surface area contributed by atoms with Gasteiger partial charge in [-0.3, -0.25) is 0 Å². The summed E-state index contributed by atoms with van der Waals surface area (Å²) in [6.45, 7) is 6.74. The SMILES string of the molecule is CCN1CCN(C(=O)NCc2ccc(C(=O)O)nc2)CC1. The molecule has 2 heterocycles. The highest BCUT2D eigenvalue weighted by Gasteiger charge is 2.19. The number of aromatic nitrogens is 1. The number of piperazine rings is 1. The van der Waals surface area contributed by atoms with Gasteiger partial charge in [0.1, 0.15) is 5.69 Å². The first-order valence-corrected chi connectivity index (χ1v) is 7.03. The summed E-state index contributed by atoms with van der Waals surface area (Å²) in [5.41, 5.74) is 0.779. The van der Waals surface area contributed by atoms with Crippen LogP contribution in [0.4, 0.5) is 4.79 Å². The van der Waals surface area contributed by atoms with Crippen molar-refractivity contribution in [2.24, 2.45) is 0 Å². The van der Waals surface area contributed by atoms with Gasteiger partial charge >= 0.3 is 12.0 Å². The Bertz CT molecular complexity index is 495. The van der Waals surface area contributed by atoms with Gasteiger partial charge in [0.15, 0.2) is 0 Å². The molecule has 7 heteroatoms. The number of carboxylic acids is 1. The third-order valence-electron chi connectivity index (χ3n) is 3.59. The van der Waals surface area contributed by atoms with E-state index < -0.39 is 5.97 Å². The summed E-state index contributed by atoms with van der Waals surface area (Å²) in [5.74, 6) is -1.06. The molecule has 2 amide bonds. The Kier molecular flexibility index (Phi) is 5.10. The number of carbonyl (C=O) groups is 2. The van der Waals surface area contributed by atoms with Gasteiger partial charge in [-0.1, -0.05) is 13.0 Å². The molecular formula is C14H20N4O3. The number of carboxylic acid groups (broad SMARTS) is 1. The first kappa shape index (κ1) is 15.2. The molecule has 1 aliphatic heterocycles. The second kappa shape index (κ2) is 7.03. The molecule has 0 unspecified atom stereocenters. The lowest BCUT2D eigenvalue weighted by atomic mass is 10.2. The maximum Gasteiger partial charge on any atom is 0.354 e. The average molecular weight is 292 g/mol. The Morgan fingerprint density at radius 1 is 1.29 bits per heavy atom. The predicted molar refractivity (Wildman–Crippen MR) is 77.1 cm³/mol. The van der Waals surface area contributed by atoms with Crippen molar-refractivity contribution in [2.45, 2.75) is 13.5 Å². The highest BCUT2D eigenvalue weighted by molar-refractivity contribution is 5.85. The number of rotatable bonds is 4. The van der Waals surface area contributed by atoms with Gasteiger partial charge in [-0.2, -0.15) is 0 Å². The van der Waals surface area contributed by atoms with Crippen LogP contribution in [0.15, 0.2) is 18.3 Å². The summed E-state index contributed by atoms with van der Waals surface area (Å²) >= 11 is 0. The summed E-state index contributed by atoms with van der Waals surface area (Å²) < 4.78 is 0. The van der Waals surface area contributed by atoms with Crippen molar-refractivity contribution in [1.29, 1.82) is 0 Å². The molecule has 0 aliphatic carbocycles. The summed E-state index contributed by atoms with van der Waals surface area (Å²) in [6, 6.07) is 3.00. The molecule has 1 aromatic heterocycles. The molecule has 2 rings (SSSR count). The van der Waals surface area contributed by atoms with Crippen molar-refractivity contribution in [2.75, 3.05) is 32.7 Å². The first-order valence-electron chi connectivity index (χ1n) is 7.03. The van der Waals surface area contributed by atoms with Crippen LogP contribution < -0.4 is 5.32 Å². The van der Waals surface area contributed by atoms with E-state index in [1.807, 2.05) is 0 Å². The molecule has 0 radical (unpaired) electrons. The lowest BCUT2D eigenvalue weighted by Crippen LogP contribution is -2.51. The molecule has 0 spiro atoms. The molecule has 2 N–H and O–H groups in total. The minimum absolute atomic E-state index is 0.000707. The summed E-state index contributed by atoms with van der Waals surface area (Å²) in [4.78, 5) is 30.6. The topological polar surface area (TPSA) is 85.8 Å². The van der Waals surface area contributed by atoms with Gasteiger partial charge in [0, 0.05) is 38.9 Å². The lowest BCUT2D eigenvalue weighted by molar-refractivity contribution is 0.0690. The summed E-state index contributed by atoms with van der Waals surface area (Å²) in [6.07, 6.45) is 1.47. The summed E-state index contributed by atoms with van der Waals surface area (Å²) in [7, 11) is 0. The number of aromatic carboxylic acids is 1. The van der Waals surface area contributed by atoms with E-state index >= 15 is 0 Å². The van der Waals surface area contributed by atoms with E-state index in [-0.39, 0.29) is 11.7 Å². The van der Waals surface area contributed by atoms with Crippen molar-refractivity contribution in [1.82, 2.24) is 20.1 Å². The Labute approximate surface area is 123 Å². The fraction of sp³-hybridized carbons (Fsp3) is 0.500. The van der Waals surface area contributed by atoms with Crippen molar-refractivity contribution >= 4 is 12.0 Å². The third kappa shape index (κ3) is 4.16. The van der Waals surface area contributed by atoms with Crippen LogP contribution in [-0.4, -0.2) is 64.6 Å². The van der Waals surface area contributed by atoms with Crippen molar-refractivity contribution in [3.8, 4) is 0 Å². The van der Waals surface area contributed by atoms with E-state index in [0.717, 1.165) is 38.3 Å². The van der Waals surface area contributed by atoms with Crippen LogP contribution in [0.2, 0.25) is 0 Å². The third-order valence-corrected chi connectivity index (χ3v) is 3.59. The molecule has 1 aliphatic rings. The smallest absolute Gasteiger partial charge is 0.354 e. The zero-order valence-electron chi connectivity index (χ0n) is 12.1. The number of nitrogens with zero attached hydrogens (tertiary/aromatic N) is 3. The fourth-order valence-electron chi connectivity index (χ4n) is 2.21. The second-order valence-electron chi connectivity index (χ2n) is 4.94. The van der Waals surface area contributed by atoms with Crippen LogP contribution in [0.1, 0.15) is 23.0 Å². The maximum absolute atomic E-state index is 12.0. The molecule has 21 heavy (non-hydrogen) atoms. The number of urea groups is 1. The molecule has 1 saturated heterocycles. The highest BCUT2D eigenvalue weighted by atomic mass is 16.4. The van der Waals surface area contributed by atoms with E-state index in [2.05, 4.69) is 22.1 Å². The molecule has 0 aromatic carbocycles. The normalized spacial score (nSPS) is 15.8. The maximum atomic E-state index is 12.0. The predicted octanol–water partition coefficient (Wildman–Crippen LogP) is 0.627. The Balaban J connectivity index is 1.80. The standard InChI is InChI=1S/C14H20N4O3/c1-2-17-5-7-18(8-6-17)14(21)16-10-11-3-4-12(13(19)20)15-9-11/h3-4,9H,2,5-8,10H2,1H3,(H,16,21)(H,19,20). The number of nitrogens with one attached hydrogen (secondary N) is 1. The number of hydrogen-bond acceptors (Lipinski definition) is 4. The first-order chi connectivity index (χ1) is 10.1.